The Balaban J connectivity index is 2.45. The topological polar surface area (TPSA) is 64.3 Å². The van der Waals surface area contributed by atoms with E-state index < -0.39 is 0 Å². The Kier molecular flexibility index (Phi) is 5.72. The number of nitrogens with zero attached hydrogens (tertiary/aromatic N) is 2. The van der Waals surface area contributed by atoms with Crippen molar-refractivity contribution in [3.63, 3.8) is 0 Å². The summed E-state index contributed by atoms with van der Waals surface area (Å²) in [7, 11) is 0. The molecule has 0 spiro atoms. The maximum atomic E-state index is 12.2. The molecule has 0 aliphatic heterocycles. The van der Waals surface area contributed by atoms with Crippen LogP contribution in [0.25, 0.3) is 11.3 Å². The van der Waals surface area contributed by atoms with E-state index in [9.17, 15) is 9.90 Å². The van der Waals surface area contributed by atoms with E-state index in [-0.39, 0.29) is 12.2 Å². The smallest absolute Gasteiger partial charge is 0.272 e. The largest absolute Gasteiger partial charge is 0.494 e. The Hall–Kier alpha value is -2.14. The second kappa shape index (κ2) is 7.75. The number of aliphatic hydroxyl groups is 1. The standard InChI is InChI=1S/C17H22N2O3/c1-3-5-9-19-17(21)14(12-20)11-16(18-19)13-7-6-8-15(10-13)22-4-2/h6-8,10-11,20H,3-5,9,12H2,1-2H3. The SMILES string of the molecule is CCCCn1nc(-c2cccc(OCC)c2)cc(CO)c1=O. The number of benzene rings is 1. The van der Waals surface area contributed by atoms with Gasteiger partial charge in [0.15, 0.2) is 0 Å². The van der Waals surface area contributed by atoms with Crippen LogP contribution in [-0.4, -0.2) is 21.5 Å². The highest BCUT2D eigenvalue weighted by molar-refractivity contribution is 5.61. The summed E-state index contributed by atoms with van der Waals surface area (Å²) < 4.78 is 6.94. The van der Waals surface area contributed by atoms with E-state index in [1.54, 1.807) is 6.07 Å². The summed E-state index contributed by atoms with van der Waals surface area (Å²) in [6.45, 7) is 4.86. The number of aromatic nitrogens is 2. The van der Waals surface area contributed by atoms with Gasteiger partial charge in [0, 0.05) is 17.7 Å². The summed E-state index contributed by atoms with van der Waals surface area (Å²) in [5, 5.41) is 13.8. The first-order valence-electron chi connectivity index (χ1n) is 7.64. The molecule has 0 aliphatic carbocycles. The van der Waals surface area contributed by atoms with Crippen molar-refractivity contribution in [2.75, 3.05) is 6.61 Å². The third kappa shape index (κ3) is 3.74. The molecular formula is C17H22N2O3. The molecule has 22 heavy (non-hydrogen) atoms. The van der Waals surface area contributed by atoms with Gasteiger partial charge in [0.05, 0.1) is 18.9 Å². The fourth-order valence-electron chi connectivity index (χ4n) is 2.22. The molecule has 0 saturated heterocycles. The lowest BCUT2D eigenvalue weighted by molar-refractivity contribution is 0.278. The molecule has 0 bridgehead atoms. The highest BCUT2D eigenvalue weighted by Crippen LogP contribution is 2.22. The van der Waals surface area contributed by atoms with Crippen LogP contribution in [0.3, 0.4) is 0 Å². The van der Waals surface area contributed by atoms with Gasteiger partial charge >= 0.3 is 0 Å². The van der Waals surface area contributed by atoms with Crippen molar-refractivity contribution < 1.29 is 9.84 Å². The van der Waals surface area contributed by atoms with Crippen LogP contribution in [-0.2, 0) is 13.2 Å². The average Bonchev–Trinajstić information content (AvgIpc) is 2.54. The molecule has 0 amide bonds. The van der Waals surface area contributed by atoms with Crippen molar-refractivity contribution in [3.8, 4) is 17.0 Å². The molecule has 1 aromatic heterocycles. The van der Waals surface area contributed by atoms with Crippen LogP contribution < -0.4 is 10.3 Å². The summed E-state index contributed by atoms with van der Waals surface area (Å²) in [5.74, 6) is 0.763. The zero-order valence-corrected chi connectivity index (χ0v) is 13.1. The van der Waals surface area contributed by atoms with Gasteiger partial charge in [-0.05, 0) is 31.5 Å². The molecule has 1 heterocycles. The molecule has 0 atom stereocenters. The molecule has 2 aromatic rings. The van der Waals surface area contributed by atoms with Crippen molar-refractivity contribution in [2.24, 2.45) is 0 Å². The maximum Gasteiger partial charge on any atom is 0.272 e. The molecule has 118 valence electrons. The van der Waals surface area contributed by atoms with E-state index >= 15 is 0 Å². The molecule has 0 aliphatic rings. The third-order valence-electron chi connectivity index (χ3n) is 3.38. The predicted molar refractivity (Wildman–Crippen MR) is 85.9 cm³/mol. The summed E-state index contributed by atoms with van der Waals surface area (Å²) in [6, 6.07) is 9.23. The Morgan fingerprint density at radius 3 is 2.77 bits per heavy atom. The van der Waals surface area contributed by atoms with Crippen LogP contribution in [0.15, 0.2) is 35.1 Å². The van der Waals surface area contributed by atoms with E-state index in [0.29, 0.717) is 24.4 Å². The van der Waals surface area contributed by atoms with Crippen molar-refractivity contribution in [3.05, 3.63) is 46.2 Å². The highest BCUT2D eigenvalue weighted by atomic mass is 16.5. The monoisotopic (exact) mass is 302 g/mol. The fraction of sp³-hybridized carbons (Fsp3) is 0.412. The van der Waals surface area contributed by atoms with Gasteiger partial charge in [0.1, 0.15) is 5.75 Å². The van der Waals surface area contributed by atoms with Crippen LogP contribution in [0.4, 0.5) is 0 Å². The zero-order valence-electron chi connectivity index (χ0n) is 13.1. The van der Waals surface area contributed by atoms with E-state index in [2.05, 4.69) is 12.0 Å². The predicted octanol–water partition coefficient (Wildman–Crippen LogP) is 2.60. The minimum Gasteiger partial charge on any atom is -0.494 e. The van der Waals surface area contributed by atoms with Crippen molar-refractivity contribution in [1.29, 1.82) is 0 Å². The molecule has 0 saturated carbocycles. The molecular weight excluding hydrogens is 280 g/mol. The lowest BCUT2D eigenvalue weighted by Crippen LogP contribution is -2.26. The van der Waals surface area contributed by atoms with Crippen molar-refractivity contribution >= 4 is 0 Å². The third-order valence-corrected chi connectivity index (χ3v) is 3.38. The average molecular weight is 302 g/mol. The van der Waals surface area contributed by atoms with Gasteiger partial charge < -0.3 is 9.84 Å². The van der Waals surface area contributed by atoms with Gasteiger partial charge in [-0.1, -0.05) is 25.5 Å². The molecule has 1 aromatic carbocycles. The minimum atomic E-state index is -0.286. The molecule has 0 fully saturated rings. The Bertz CT molecular complexity index is 680. The number of unbranched alkanes of at least 4 members (excludes halogenated alkanes) is 1. The van der Waals surface area contributed by atoms with Crippen molar-refractivity contribution in [1.82, 2.24) is 9.78 Å². The quantitative estimate of drug-likeness (QED) is 0.854. The van der Waals surface area contributed by atoms with E-state index in [0.717, 1.165) is 24.2 Å². The highest BCUT2D eigenvalue weighted by Gasteiger charge is 2.10. The van der Waals surface area contributed by atoms with E-state index in [1.165, 1.54) is 4.68 Å². The van der Waals surface area contributed by atoms with Crippen LogP contribution in [0.1, 0.15) is 32.3 Å². The van der Waals surface area contributed by atoms with Gasteiger partial charge in [-0.2, -0.15) is 5.10 Å². The van der Waals surface area contributed by atoms with Crippen LogP contribution in [0.5, 0.6) is 5.75 Å². The van der Waals surface area contributed by atoms with Gasteiger partial charge in [-0.3, -0.25) is 4.79 Å². The lowest BCUT2D eigenvalue weighted by atomic mass is 10.1. The van der Waals surface area contributed by atoms with E-state index in [1.807, 2.05) is 31.2 Å². The molecule has 5 nitrogen and oxygen atoms in total. The van der Waals surface area contributed by atoms with Crippen LogP contribution >= 0.6 is 0 Å². The number of hydrogen-bond donors (Lipinski definition) is 1. The van der Waals surface area contributed by atoms with Gasteiger partial charge in [-0.15, -0.1) is 0 Å². The maximum absolute atomic E-state index is 12.2. The molecule has 0 radical (unpaired) electrons. The Labute approximate surface area is 130 Å². The van der Waals surface area contributed by atoms with Gasteiger partial charge in [0.25, 0.3) is 5.56 Å². The summed E-state index contributed by atoms with van der Waals surface area (Å²) in [6.07, 6.45) is 1.85. The normalized spacial score (nSPS) is 10.7. The summed E-state index contributed by atoms with van der Waals surface area (Å²) >= 11 is 0. The summed E-state index contributed by atoms with van der Waals surface area (Å²) in [5.41, 5.74) is 1.68. The molecule has 5 heteroatoms. The fourth-order valence-corrected chi connectivity index (χ4v) is 2.22. The van der Waals surface area contributed by atoms with Crippen molar-refractivity contribution in [2.45, 2.75) is 39.8 Å². The van der Waals surface area contributed by atoms with Gasteiger partial charge in [-0.25, -0.2) is 4.68 Å². The number of ether oxygens (including phenoxy) is 1. The van der Waals surface area contributed by atoms with E-state index in [4.69, 9.17) is 4.74 Å². The lowest BCUT2D eigenvalue weighted by Gasteiger charge is -2.10. The second-order valence-electron chi connectivity index (χ2n) is 5.06. The van der Waals surface area contributed by atoms with Gasteiger partial charge in [0.2, 0.25) is 0 Å². The molecule has 2 rings (SSSR count). The first kappa shape index (κ1) is 16.2. The second-order valence-corrected chi connectivity index (χ2v) is 5.06. The van der Waals surface area contributed by atoms with Crippen LogP contribution in [0.2, 0.25) is 0 Å². The number of aliphatic hydroxyl groups excluding tert-OH is 1. The molecule has 0 unspecified atom stereocenters. The zero-order chi connectivity index (χ0) is 15.9. The minimum absolute atomic E-state index is 0.222. The first-order chi connectivity index (χ1) is 10.7. The Morgan fingerprint density at radius 2 is 2.09 bits per heavy atom. The Morgan fingerprint density at radius 1 is 1.27 bits per heavy atom. The number of aryl methyl sites for hydroxylation is 1. The molecule has 1 N–H and O–H groups in total. The first-order valence-corrected chi connectivity index (χ1v) is 7.64. The number of hydrogen-bond acceptors (Lipinski definition) is 4. The summed E-state index contributed by atoms with van der Waals surface area (Å²) in [4.78, 5) is 12.2. The van der Waals surface area contributed by atoms with Crippen LogP contribution in [0, 0.1) is 0 Å². The number of rotatable bonds is 7.